The van der Waals surface area contributed by atoms with Crippen molar-refractivity contribution in [1.82, 2.24) is 14.3 Å². The fourth-order valence-corrected chi connectivity index (χ4v) is 4.94. The van der Waals surface area contributed by atoms with E-state index >= 15 is 0 Å². The van der Waals surface area contributed by atoms with E-state index < -0.39 is 22.9 Å². The summed E-state index contributed by atoms with van der Waals surface area (Å²) in [7, 11) is 0.813. The standard InChI is InChI=1S/C17H16N4O2S2.C2HF3O2/c1-20-13-7-14(25(2)23)24-16(13)12-8-19-21(17(22)15(12)20)9-10-4-3-5-11(18)6-10;3-2(4,5)1(6)7/h3-8H,9,18H2,1-2H3;(H,6,7). The Balaban J connectivity index is 0.000000360. The molecule has 3 aromatic heterocycles. The van der Waals surface area contributed by atoms with Crippen LogP contribution in [-0.4, -0.2) is 42.1 Å². The van der Waals surface area contributed by atoms with Gasteiger partial charge in [0.15, 0.2) is 0 Å². The number of thiophene rings is 1. The number of benzene rings is 1. The Kier molecular flexibility index (Phi) is 6.41. The van der Waals surface area contributed by atoms with E-state index in [4.69, 9.17) is 15.6 Å². The minimum absolute atomic E-state index is 0.148. The number of carboxylic acid groups (broad SMARTS) is 1. The van der Waals surface area contributed by atoms with Gasteiger partial charge < -0.3 is 15.4 Å². The molecule has 0 fully saturated rings. The second-order valence-corrected chi connectivity index (χ2v) is 9.37. The molecule has 0 radical (unpaired) electrons. The molecule has 32 heavy (non-hydrogen) atoms. The zero-order valence-corrected chi connectivity index (χ0v) is 18.3. The number of carboxylic acids is 1. The number of nitrogen functional groups attached to an aromatic ring is 1. The molecule has 0 spiro atoms. The molecule has 4 aromatic rings. The molecule has 13 heteroatoms. The highest BCUT2D eigenvalue weighted by molar-refractivity contribution is 7.86. The first-order valence-electron chi connectivity index (χ1n) is 8.86. The Bertz CT molecular complexity index is 1410. The van der Waals surface area contributed by atoms with E-state index in [1.54, 1.807) is 12.5 Å². The van der Waals surface area contributed by atoms with Gasteiger partial charge in [0, 0.05) is 24.4 Å². The molecule has 1 aromatic carbocycles. The van der Waals surface area contributed by atoms with Gasteiger partial charge in [-0.15, -0.1) is 11.3 Å². The van der Waals surface area contributed by atoms with Crippen LogP contribution in [0.25, 0.3) is 21.1 Å². The summed E-state index contributed by atoms with van der Waals surface area (Å²) in [4.78, 5) is 21.8. The lowest BCUT2D eigenvalue weighted by Crippen LogP contribution is -2.24. The summed E-state index contributed by atoms with van der Waals surface area (Å²) < 4.78 is 48.5. The van der Waals surface area contributed by atoms with Gasteiger partial charge in [-0.1, -0.05) is 12.1 Å². The van der Waals surface area contributed by atoms with E-state index in [1.165, 1.54) is 16.0 Å². The second-order valence-electron chi connectivity index (χ2n) is 6.71. The van der Waals surface area contributed by atoms with E-state index in [1.807, 2.05) is 41.9 Å². The topological polar surface area (TPSA) is 120 Å². The molecule has 0 aliphatic heterocycles. The number of hydrogen-bond acceptors (Lipinski definition) is 6. The molecule has 0 saturated carbocycles. The van der Waals surface area contributed by atoms with Gasteiger partial charge >= 0.3 is 12.1 Å². The average Bonchev–Trinajstić information content (AvgIpc) is 3.24. The van der Waals surface area contributed by atoms with Gasteiger partial charge in [0.05, 0.1) is 38.0 Å². The highest BCUT2D eigenvalue weighted by Gasteiger charge is 2.38. The molecule has 170 valence electrons. The highest BCUT2D eigenvalue weighted by Crippen LogP contribution is 2.34. The first kappa shape index (κ1) is 23.5. The number of rotatable bonds is 3. The quantitative estimate of drug-likeness (QED) is 0.430. The van der Waals surface area contributed by atoms with Crippen molar-refractivity contribution >= 4 is 54.9 Å². The molecule has 4 rings (SSSR count). The molecular formula is C19H17F3N4O4S2. The van der Waals surface area contributed by atoms with Gasteiger partial charge in [0.2, 0.25) is 0 Å². The Morgan fingerprint density at radius 3 is 2.53 bits per heavy atom. The van der Waals surface area contributed by atoms with Gasteiger partial charge in [0.25, 0.3) is 5.56 Å². The van der Waals surface area contributed by atoms with Crippen LogP contribution < -0.4 is 11.3 Å². The van der Waals surface area contributed by atoms with Gasteiger partial charge in [0.1, 0.15) is 5.52 Å². The monoisotopic (exact) mass is 486 g/mol. The lowest BCUT2D eigenvalue weighted by atomic mass is 10.2. The predicted molar refractivity (Wildman–Crippen MR) is 116 cm³/mol. The van der Waals surface area contributed by atoms with Gasteiger partial charge in [-0.25, -0.2) is 9.48 Å². The van der Waals surface area contributed by atoms with E-state index in [0.29, 0.717) is 17.7 Å². The zero-order chi connectivity index (χ0) is 23.8. The van der Waals surface area contributed by atoms with Gasteiger partial charge in [-0.3, -0.25) is 9.00 Å². The third-order valence-corrected chi connectivity index (χ3v) is 7.05. The van der Waals surface area contributed by atoms with Crippen molar-refractivity contribution in [3.63, 3.8) is 0 Å². The summed E-state index contributed by atoms with van der Waals surface area (Å²) in [5.74, 6) is -2.76. The van der Waals surface area contributed by atoms with Crippen molar-refractivity contribution in [2.45, 2.75) is 16.9 Å². The average molecular weight is 486 g/mol. The molecule has 0 amide bonds. The number of halogens is 3. The van der Waals surface area contributed by atoms with Crippen LogP contribution in [0.15, 0.2) is 45.5 Å². The van der Waals surface area contributed by atoms with Gasteiger partial charge in [-0.2, -0.15) is 18.3 Å². The van der Waals surface area contributed by atoms with E-state index in [2.05, 4.69) is 5.10 Å². The van der Waals surface area contributed by atoms with E-state index in [9.17, 15) is 22.2 Å². The van der Waals surface area contributed by atoms with Crippen molar-refractivity contribution < 1.29 is 27.3 Å². The molecule has 0 aliphatic carbocycles. The number of carbonyl (C=O) groups is 1. The van der Waals surface area contributed by atoms with E-state index in [-0.39, 0.29) is 5.56 Å². The SMILES string of the molecule is Cn1c2cc(S(C)=O)sc2c2cnn(Cc3cccc(N)c3)c(=O)c21.O=C(O)C(F)(F)F. The van der Waals surface area contributed by atoms with Crippen LogP contribution in [0.3, 0.4) is 0 Å². The molecule has 1 unspecified atom stereocenters. The summed E-state index contributed by atoms with van der Waals surface area (Å²) in [5, 5.41) is 12.3. The number of nitrogens with two attached hydrogens (primary N) is 1. The van der Waals surface area contributed by atoms with Crippen molar-refractivity contribution in [2.24, 2.45) is 7.05 Å². The smallest absolute Gasteiger partial charge is 0.475 e. The number of fused-ring (bicyclic) bond motifs is 3. The fraction of sp³-hybridized carbons (Fsp3) is 0.211. The summed E-state index contributed by atoms with van der Waals surface area (Å²) in [6, 6.07) is 9.31. The predicted octanol–water partition coefficient (Wildman–Crippen LogP) is 2.95. The fourth-order valence-electron chi connectivity index (χ4n) is 3.01. The number of anilines is 1. The third-order valence-electron chi connectivity index (χ3n) is 4.46. The zero-order valence-electron chi connectivity index (χ0n) is 16.7. The van der Waals surface area contributed by atoms with Crippen LogP contribution in [0.4, 0.5) is 18.9 Å². The minimum atomic E-state index is -5.08. The Labute approximate surface area is 185 Å². The number of aliphatic carboxylic acids is 1. The van der Waals surface area contributed by atoms with Gasteiger partial charge in [-0.05, 0) is 23.8 Å². The number of aryl methyl sites for hydroxylation is 1. The molecule has 0 bridgehead atoms. The Hall–Kier alpha value is -3.19. The first-order chi connectivity index (χ1) is 14.9. The molecule has 8 nitrogen and oxygen atoms in total. The molecule has 1 atom stereocenters. The van der Waals surface area contributed by atoms with Crippen LogP contribution in [0.1, 0.15) is 5.56 Å². The van der Waals surface area contributed by atoms with E-state index in [0.717, 1.165) is 25.4 Å². The maximum absolute atomic E-state index is 12.9. The Morgan fingerprint density at radius 2 is 1.97 bits per heavy atom. The second kappa shape index (κ2) is 8.74. The summed E-state index contributed by atoms with van der Waals surface area (Å²) in [6.45, 7) is 0.364. The maximum atomic E-state index is 12.9. The van der Waals surface area contributed by atoms with Crippen LogP contribution in [-0.2, 0) is 29.2 Å². The van der Waals surface area contributed by atoms with Crippen LogP contribution >= 0.6 is 11.3 Å². The molecular weight excluding hydrogens is 469 g/mol. The van der Waals surface area contributed by atoms with Crippen molar-refractivity contribution in [1.29, 1.82) is 0 Å². The normalized spacial score (nSPS) is 12.5. The molecule has 3 heterocycles. The van der Waals surface area contributed by atoms with Crippen molar-refractivity contribution in [3.8, 4) is 0 Å². The van der Waals surface area contributed by atoms with Crippen LogP contribution in [0.5, 0.6) is 0 Å². The Morgan fingerprint density at radius 1 is 1.31 bits per heavy atom. The largest absolute Gasteiger partial charge is 0.490 e. The molecule has 0 saturated heterocycles. The summed E-state index contributed by atoms with van der Waals surface area (Å²) in [6.07, 6.45) is -1.71. The number of alkyl halides is 3. The molecule has 0 aliphatic rings. The third kappa shape index (κ3) is 4.67. The number of nitrogens with zero attached hydrogens (tertiary/aromatic N) is 3. The number of hydrogen-bond donors (Lipinski definition) is 2. The van der Waals surface area contributed by atoms with Crippen molar-refractivity contribution in [2.75, 3.05) is 12.0 Å². The highest BCUT2D eigenvalue weighted by atomic mass is 32.2. The maximum Gasteiger partial charge on any atom is 0.490 e. The number of aromatic nitrogens is 3. The minimum Gasteiger partial charge on any atom is -0.475 e. The van der Waals surface area contributed by atoms with Crippen LogP contribution in [0, 0.1) is 0 Å². The van der Waals surface area contributed by atoms with Crippen LogP contribution in [0.2, 0.25) is 0 Å². The first-order valence-corrected chi connectivity index (χ1v) is 11.2. The lowest BCUT2D eigenvalue weighted by Gasteiger charge is -2.06. The lowest BCUT2D eigenvalue weighted by molar-refractivity contribution is -0.192. The van der Waals surface area contributed by atoms with Crippen molar-refractivity contribution in [3.05, 3.63) is 52.4 Å². The summed E-state index contributed by atoms with van der Waals surface area (Å²) >= 11 is 1.45. The molecule has 3 N–H and O–H groups in total. The summed E-state index contributed by atoms with van der Waals surface area (Å²) in [5.41, 5.74) is 8.75.